The van der Waals surface area contributed by atoms with Crippen LogP contribution in [0.4, 0.5) is 0 Å². The Bertz CT molecular complexity index is 875. The van der Waals surface area contributed by atoms with Gasteiger partial charge in [0.2, 0.25) is 11.8 Å². The number of nitrogens with zero attached hydrogens (tertiary/aromatic N) is 2. The van der Waals surface area contributed by atoms with Crippen molar-refractivity contribution < 1.29 is 23.9 Å². The van der Waals surface area contributed by atoms with Gasteiger partial charge in [-0.3, -0.25) is 14.4 Å². The molecule has 8 nitrogen and oxygen atoms in total. The van der Waals surface area contributed by atoms with Crippen LogP contribution in [0.1, 0.15) is 69.7 Å². The van der Waals surface area contributed by atoms with Gasteiger partial charge in [-0.1, -0.05) is 39.5 Å². The molecule has 0 bridgehead atoms. The average Bonchev–Trinajstić information content (AvgIpc) is 3.38. The largest absolute Gasteiger partial charge is 0.497 e. The number of methoxy groups -OCH3 is 2. The van der Waals surface area contributed by atoms with Gasteiger partial charge in [0.1, 0.15) is 17.5 Å². The highest BCUT2D eigenvalue weighted by molar-refractivity contribution is 5.98. The van der Waals surface area contributed by atoms with Crippen molar-refractivity contribution in [2.75, 3.05) is 33.9 Å². The molecule has 1 saturated carbocycles. The summed E-state index contributed by atoms with van der Waals surface area (Å²) in [6, 6.07) is 4.22. The van der Waals surface area contributed by atoms with Crippen molar-refractivity contribution in [3.8, 4) is 11.5 Å². The molecule has 1 aliphatic heterocycles. The first-order valence-electron chi connectivity index (χ1n) is 12.9. The lowest BCUT2D eigenvalue weighted by molar-refractivity contribution is -0.144. The van der Waals surface area contributed by atoms with Gasteiger partial charge in [0.25, 0.3) is 5.91 Å². The van der Waals surface area contributed by atoms with Crippen LogP contribution < -0.4 is 14.8 Å². The number of hydrogen-bond acceptors (Lipinski definition) is 5. The number of carbonyl (C=O) groups is 3. The minimum atomic E-state index is -0.670. The number of carbonyl (C=O) groups excluding carboxylic acids is 3. The third kappa shape index (κ3) is 6.89. The maximum Gasteiger partial charge on any atom is 0.252 e. The van der Waals surface area contributed by atoms with E-state index in [1.54, 1.807) is 23.1 Å². The molecular weight excluding hydrogens is 446 g/mol. The molecule has 0 spiro atoms. The van der Waals surface area contributed by atoms with Crippen molar-refractivity contribution in [2.45, 2.75) is 71.4 Å². The zero-order chi connectivity index (χ0) is 25.5. The lowest BCUT2D eigenvalue weighted by atomic mass is 9.99. The van der Waals surface area contributed by atoms with Gasteiger partial charge in [0, 0.05) is 43.7 Å². The SMILES string of the molecule is COc1cc(OC)cc(C(=O)NC(C(=O)N2CCN(C(=O)CCC3CCCC3)C(C)C2)C(C)C)c1. The van der Waals surface area contributed by atoms with Crippen LogP contribution in [0, 0.1) is 11.8 Å². The highest BCUT2D eigenvalue weighted by Crippen LogP contribution is 2.29. The second kappa shape index (κ2) is 12.3. The molecule has 1 N–H and O–H groups in total. The van der Waals surface area contributed by atoms with E-state index >= 15 is 0 Å². The van der Waals surface area contributed by atoms with Gasteiger partial charge in [-0.25, -0.2) is 0 Å². The summed E-state index contributed by atoms with van der Waals surface area (Å²) in [4.78, 5) is 43.0. The second-order valence-electron chi connectivity index (χ2n) is 10.2. The number of amides is 3. The smallest absolute Gasteiger partial charge is 0.252 e. The van der Waals surface area contributed by atoms with Crippen molar-refractivity contribution in [3.05, 3.63) is 23.8 Å². The Balaban J connectivity index is 1.60. The van der Waals surface area contributed by atoms with Crippen LogP contribution in [0.5, 0.6) is 11.5 Å². The highest BCUT2D eigenvalue weighted by Gasteiger charge is 2.35. The molecule has 8 heteroatoms. The first-order valence-corrected chi connectivity index (χ1v) is 12.9. The number of nitrogens with one attached hydrogen (secondary N) is 1. The van der Waals surface area contributed by atoms with E-state index in [0.717, 1.165) is 6.42 Å². The summed E-state index contributed by atoms with van der Waals surface area (Å²) in [5, 5.41) is 2.91. The van der Waals surface area contributed by atoms with E-state index in [0.29, 0.717) is 49.0 Å². The number of piperazine rings is 1. The molecule has 35 heavy (non-hydrogen) atoms. The fourth-order valence-corrected chi connectivity index (χ4v) is 5.17. The van der Waals surface area contributed by atoms with Crippen LogP contribution in [-0.2, 0) is 9.59 Å². The lowest BCUT2D eigenvalue weighted by Crippen LogP contribution is -2.59. The normalized spacial score (nSPS) is 19.5. The van der Waals surface area contributed by atoms with E-state index in [2.05, 4.69) is 5.32 Å². The van der Waals surface area contributed by atoms with Crippen LogP contribution in [0.15, 0.2) is 18.2 Å². The van der Waals surface area contributed by atoms with Gasteiger partial charge < -0.3 is 24.6 Å². The van der Waals surface area contributed by atoms with Crippen LogP contribution in [0.3, 0.4) is 0 Å². The molecule has 0 aromatic heterocycles. The summed E-state index contributed by atoms with van der Waals surface area (Å²) in [6.07, 6.45) is 6.63. The molecule has 2 aliphatic rings. The van der Waals surface area contributed by atoms with Gasteiger partial charge in [0.05, 0.1) is 14.2 Å². The van der Waals surface area contributed by atoms with Crippen molar-refractivity contribution in [2.24, 2.45) is 11.8 Å². The summed E-state index contributed by atoms with van der Waals surface area (Å²) in [5.41, 5.74) is 0.366. The van der Waals surface area contributed by atoms with E-state index in [1.807, 2.05) is 25.7 Å². The van der Waals surface area contributed by atoms with Crippen molar-refractivity contribution in [3.63, 3.8) is 0 Å². The molecule has 1 heterocycles. The van der Waals surface area contributed by atoms with E-state index in [-0.39, 0.29) is 29.7 Å². The average molecular weight is 488 g/mol. The molecule has 1 aliphatic carbocycles. The van der Waals surface area contributed by atoms with E-state index in [1.165, 1.54) is 39.9 Å². The maximum absolute atomic E-state index is 13.4. The molecule has 194 valence electrons. The second-order valence-corrected chi connectivity index (χ2v) is 10.2. The number of rotatable bonds is 9. The fourth-order valence-electron chi connectivity index (χ4n) is 5.17. The number of ether oxygens (including phenoxy) is 2. The minimum Gasteiger partial charge on any atom is -0.497 e. The Morgan fingerprint density at radius 3 is 2.20 bits per heavy atom. The van der Waals surface area contributed by atoms with Gasteiger partial charge in [0.15, 0.2) is 0 Å². The monoisotopic (exact) mass is 487 g/mol. The maximum atomic E-state index is 13.4. The predicted molar refractivity (Wildman–Crippen MR) is 135 cm³/mol. The van der Waals surface area contributed by atoms with Gasteiger partial charge in [-0.05, 0) is 37.3 Å². The van der Waals surface area contributed by atoms with Gasteiger partial charge >= 0.3 is 0 Å². The zero-order valence-corrected chi connectivity index (χ0v) is 21.8. The molecule has 1 aromatic rings. The summed E-state index contributed by atoms with van der Waals surface area (Å²) in [6.45, 7) is 7.31. The zero-order valence-electron chi connectivity index (χ0n) is 21.8. The first-order chi connectivity index (χ1) is 16.7. The third-order valence-electron chi connectivity index (χ3n) is 7.33. The predicted octanol–water partition coefficient (Wildman–Crippen LogP) is 3.49. The van der Waals surface area contributed by atoms with E-state index in [9.17, 15) is 14.4 Å². The molecule has 2 fully saturated rings. The molecular formula is C27H41N3O5. The minimum absolute atomic E-state index is 0.0464. The Labute approximate surface area is 209 Å². The standard InChI is InChI=1S/C27H41N3O5/c1-18(2)25(28-26(32)21-14-22(34-4)16-23(15-21)35-5)27(33)29-12-13-30(19(3)17-29)24(31)11-10-20-8-6-7-9-20/h14-16,18-20,25H,6-13,17H2,1-5H3,(H,28,32). The van der Waals surface area contributed by atoms with Crippen LogP contribution in [-0.4, -0.2) is 73.5 Å². The van der Waals surface area contributed by atoms with Crippen LogP contribution >= 0.6 is 0 Å². The molecule has 0 radical (unpaired) electrons. The summed E-state index contributed by atoms with van der Waals surface area (Å²) >= 11 is 0. The summed E-state index contributed by atoms with van der Waals surface area (Å²) < 4.78 is 10.5. The molecule has 2 unspecified atom stereocenters. The van der Waals surface area contributed by atoms with Crippen molar-refractivity contribution in [1.29, 1.82) is 0 Å². The summed E-state index contributed by atoms with van der Waals surface area (Å²) in [7, 11) is 3.05. The Morgan fingerprint density at radius 1 is 1.03 bits per heavy atom. The van der Waals surface area contributed by atoms with E-state index in [4.69, 9.17) is 9.47 Å². The fraction of sp³-hybridized carbons (Fsp3) is 0.667. The highest BCUT2D eigenvalue weighted by atomic mass is 16.5. The molecule has 1 aromatic carbocycles. The Morgan fingerprint density at radius 2 is 1.66 bits per heavy atom. The lowest BCUT2D eigenvalue weighted by Gasteiger charge is -2.41. The quantitative estimate of drug-likeness (QED) is 0.576. The first kappa shape index (κ1) is 26.8. The molecule has 3 amide bonds. The third-order valence-corrected chi connectivity index (χ3v) is 7.33. The van der Waals surface area contributed by atoms with Crippen molar-refractivity contribution >= 4 is 17.7 Å². The molecule has 3 rings (SSSR count). The molecule has 1 saturated heterocycles. The summed E-state index contributed by atoms with van der Waals surface area (Å²) in [5.74, 6) is 1.32. The number of hydrogen-bond donors (Lipinski definition) is 1. The molecule has 2 atom stereocenters. The Hall–Kier alpha value is -2.77. The van der Waals surface area contributed by atoms with E-state index < -0.39 is 6.04 Å². The van der Waals surface area contributed by atoms with Gasteiger partial charge in [-0.2, -0.15) is 0 Å². The topological polar surface area (TPSA) is 88.2 Å². The van der Waals surface area contributed by atoms with Crippen LogP contribution in [0.2, 0.25) is 0 Å². The Kier molecular flexibility index (Phi) is 9.40. The van der Waals surface area contributed by atoms with Crippen molar-refractivity contribution in [1.82, 2.24) is 15.1 Å². The van der Waals surface area contributed by atoms with Crippen LogP contribution in [0.25, 0.3) is 0 Å². The van der Waals surface area contributed by atoms with Gasteiger partial charge in [-0.15, -0.1) is 0 Å². The number of benzene rings is 1.